The number of carbonyl (C=O) groups is 2. The summed E-state index contributed by atoms with van der Waals surface area (Å²) in [5, 5.41) is 14.0. The van der Waals surface area contributed by atoms with Crippen molar-refractivity contribution in [3.8, 4) is 0 Å². The minimum Gasteiger partial charge on any atom is -0.479 e. The number of rotatable bonds is 4. The maximum absolute atomic E-state index is 11.7. The molecule has 1 aromatic heterocycles. The van der Waals surface area contributed by atoms with E-state index < -0.39 is 18.2 Å². The van der Waals surface area contributed by atoms with Crippen LogP contribution in [0.5, 0.6) is 0 Å². The fourth-order valence-electron chi connectivity index (χ4n) is 1.63. The predicted molar refractivity (Wildman–Crippen MR) is 59.5 cm³/mol. The zero-order chi connectivity index (χ0) is 12.3. The number of aliphatic carboxylic acids is 1. The highest BCUT2D eigenvalue weighted by Crippen LogP contribution is 2.20. The molecule has 17 heavy (non-hydrogen) atoms. The summed E-state index contributed by atoms with van der Waals surface area (Å²) in [6.45, 7) is 0.355. The minimum atomic E-state index is -1.01. The first-order valence-corrected chi connectivity index (χ1v) is 6.09. The highest BCUT2D eigenvalue weighted by atomic mass is 32.1. The molecule has 0 aromatic carbocycles. The number of hydrogen-bond acceptors (Lipinski definition) is 5. The summed E-state index contributed by atoms with van der Waals surface area (Å²) in [5.74, 6) is -1.29. The molecule has 1 amide bonds. The zero-order valence-corrected chi connectivity index (χ0v) is 9.77. The number of nitrogens with one attached hydrogen (secondary N) is 1. The second-order valence-electron chi connectivity index (χ2n) is 3.67. The molecule has 7 heteroatoms. The van der Waals surface area contributed by atoms with Crippen LogP contribution in [0.15, 0.2) is 11.6 Å². The molecule has 2 N–H and O–H groups in total. The van der Waals surface area contributed by atoms with Crippen molar-refractivity contribution in [2.75, 3.05) is 0 Å². The van der Waals surface area contributed by atoms with Gasteiger partial charge in [-0.05, 0) is 12.8 Å². The minimum absolute atomic E-state index is 0.274. The van der Waals surface area contributed by atoms with Gasteiger partial charge in [0.1, 0.15) is 11.1 Å². The Morgan fingerprint density at radius 3 is 2.88 bits per heavy atom. The largest absolute Gasteiger partial charge is 0.479 e. The van der Waals surface area contributed by atoms with E-state index in [1.165, 1.54) is 11.3 Å². The maximum Gasteiger partial charge on any atom is 0.332 e. The molecule has 1 saturated heterocycles. The number of nitrogens with zero attached hydrogens (tertiary/aromatic N) is 1. The Hall–Kier alpha value is -1.47. The number of ether oxygens (including phenoxy) is 1. The summed E-state index contributed by atoms with van der Waals surface area (Å²) < 4.78 is 5.13. The smallest absolute Gasteiger partial charge is 0.332 e. The van der Waals surface area contributed by atoms with E-state index in [0.29, 0.717) is 19.4 Å². The quantitative estimate of drug-likeness (QED) is 0.813. The lowest BCUT2D eigenvalue weighted by atomic mass is 10.2. The molecule has 0 unspecified atom stereocenters. The monoisotopic (exact) mass is 256 g/mol. The first kappa shape index (κ1) is 12.0. The summed E-state index contributed by atoms with van der Waals surface area (Å²) in [6, 6.07) is 0. The molecule has 0 bridgehead atoms. The summed E-state index contributed by atoms with van der Waals surface area (Å²) in [4.78, 5) is 26.3. The second kappa shape index (κ2) is 5.24. The van der Waals surface area contributed by atoms with Gasteiger partial charge >= 0.3 is 5.97 Å². The van der Waals surface area contributed by atoms with Crippen molar-refractivity contribution in [3.63, 3.8) is 0 Å². The Bertz CT molecular complexity index is 406. The van der Waals surface area contributed by atoms with E-state index in [1.807, 2.05) is 5.38 Å². The molecule has 1 aromatic rings. The van der Waals surface area contributed by atoms with Crippen molar-refractivity contribution in [1.82, 2.24) is 10.3 Å². The lowest BCUT2D eigenvalue weighted by molar-refractivity contribution is -0.151. The van der Waals surface area contributed by atoms with Crippen LogP contribution in [-0.4, -0.2) is 34.2 Å². The van der Waals surface area contributed by atoms with Gasteiger partial charge in [0.25, 0.3) is 0 Å². The van der Waals surface area contributed by atoms with Crippen molar-refractivity contribution in [2.45, 2.75) is 31.6 Å². The first-order chi connectivity index (χ1) is 8.16. The zero-order valence-electron chi connectivity index (χ0n) is 8.96. The van der Waals surface area contributed by atoms with Crippen molar-refractivity contribution < 1.29 is 19.4 Å². The van der Waals surface area contributed by atoms with E-state index in [4.69, 9.17) is 9.84 Å². The van der Waals surface area contributed by atoms with Gasteiger partial charge in [0, 0.05) is 11.6 Å². The number of carboxylic acids is 1. The Balaban J connectivity index is 1.79. The average Bonchev–Trinajstić information content (AvgIpc) is 2.96. The van der Waals surface area contributed by atoms with Crippen LogP contribution < -0.4 is 5.32 Å². The van der Waals surface area contributed by atoms with Crippen LogP contribution in [0.4, 0.5) is 0 Å². The summed E-state index contributed by atoms with van der Waals surface area (Å²) in [5.41, 5.74) is 0. The van der Waals surface area contributed by atoms with Gasteiger partial charge in [0.05, 0.1) is 6.54 Å². The molecule has 0 aliphatic carbocycles. The van der Waals surface area contributed by atoms with Gasteiger partial charge in [0.2, 0.25) is 5.91 Å². The van der Waals surface area contributed by atoms with Crippen LogP contribution in [0, 0.1) is 0 Å². The second-order valence-corrected chi connectivity index (χ2v) is 4.65. The number of aromatic nitrogens is 1. The van der Waals surface area contributed by atoms with Crippen LogP contribution in [-0.2, 0) is 20.9 Å². The van der Waals surface area contributed by atoms with Crippen molar-refractivity contribution in [3.05, 3.63) is 16.6 Å². The Morgan fingerprint density at radius 1 is 1.53 bits per heavy atom. The van der Waals surface area contributed by atoms with Gasteiger partial charge < -0.3 is 15.2 Å². The van der Waals surface area contributed by atoms with Gasteiger partial charge in [-0.3, -0.25) is 4.79 Å². The van der Waals surface area contributed by atoms with E-state index in [2.05, 4.69) is 10.3 Å². The molecule has 1 aliphatic heterocycles. The van der Waals surface area contributed by atoms with E-state index in [1.54, 1.807) is 6.20 Å². The van der Waals surface area contributed by atoms with E-state index in [9.17, 15) is 9.59 Å². The topological polar surface area (TPSA) is 88.5 Å². The molecule has 2 atom stereocenters. The molecule has 0 spiro atoms. The molecule has 6 nitrogen and oxygen atoms in total. The number of amides is 1. The number of carbonyl (C=O) groups excluding carboxylic acids is 1. The lowest BCUT2D eigenvalue weighted by Crippen LogP contribution is -2.35. The SMILES string of the molecule is O=C(NCc1nccs1)[C@@H]1CC[C@H](C(=O)O)O1. The van der Waals surface area contributed by atoms with Crippen molar-refractivity contribution >= 4 is 23.2 Å². The first-order valence-electron chi connectivity index (χ1n) is 5.21. The molecular formula is C10H12N2O4S. The molecule has 0 radical (unpaired) electrons. The number of hydrogen-bond donors (Lipinski definition) is 2. The third kappa shape index (κ3) is 3.01. The standard InChI is InChI=1S/C10H12N2O4S/c13-9(12-5-8-11-3-4-17-8)6-1-2-7(16-6)10(14)15/h3-4,6-7H,1-2,5H2,(H,12,13)(H,14,15)/t6-,7+/m0/s1. The third-order valence-electron chi connectivity index (χ3n) is 2.48. The maximum atomic E-state index is 11.7. The summed E-state index contributed by atoms with van der Waals surface area (Å²) in [7, 11) is 0. The van der Waals surface area contributed by atoms with Crippen LogP contribution >= 0.6 is 11.3 Å². The van der Waals surface area contributed by atoms with E-state index in [0.717, 1.165) is 5.01 Å². The fourth-order valence-corrected chi connectivity index (χ4v) is 2.18. The van der Waals surface area contributed by atoms with Crippen LogP contribution in [0.1, 0.15) is 17.8 Å². The molecule has 2 rings (SSSR count). The Kier molecular flexibility index (Phi) is 3.70. The molecular weight excluding hydrogens is 244 g/mol. The molecule has 0 saturated carbocycles. The van der Waals surface area contributed by atoms with Crippen LogP contribution in [0.2, 0.25) is 0 Å². The van der Waals surface area contributed by atoms with Crippen molar-refractivity contribution in [2.24, 2.45) is 0 Å². The fraction of sp³-hybridized carbons (Fsp3) is 0.500. The van der Waals surface area contributed by atoms with Crippen LogP contribution in [0.3, 0.4) is 0 Å². The molecule has 1 aliphatic rings. The predicted octanol–water partition coefficient (Wildman–Crippen LogP) is 0.391. The molecule has 92 valence electrons. The molecule has 2 heterocycles. The van der Waals surface area contributed by atoms with Gasteiger partial charge in [-0.2, -0.15) is 0 Å². The summed E-state index contributed by atoms with van der Waals surface area (Å²) >= 11 is 1.45. The number of carboxylic acid groups (broad SMARTS) is 1. The highest BCUT2D eigenvalue weighted by Gasteiger charge is 2.34. The van der Waals surface area contributed by atoms with Gasteiger partial charge in [-0.1, -0.05) is 0 Å². The third-order valence-corrected chi connectivity index (χ3v) is 3.26. The highest BCUT2D eigenvalue weighted by molar-refractivity contribution is 7.09. The van der Waals surface area contributed by atoms with Gasteiger partial charge in [0.15, 0.2) is 6.10 Å². The van der Waals surface area contributed by atoms with Crippen molar-refractivity contribution in [1.29, 1.82) is 0 Å². The Morgan fingerprint density at radius 2 is 2.29 bits per heavy atom. The number of thiazole rings is 1. The van der Waals surface area contributed by atoms with E-state index in [-0.39, 0.29) is 5.91 Å². The van der Waals surface area contributed by atoms with Gasteiger partial charge in [-0.25, -0.2) is 9.78 Å². The van der Waals surface area contributed by atoms with Gasteiger partial charge in [-0.15, -0.1) is 11.3 Å². The van der Waals surface area contributed by atoms with Crippen LogP contribution in [0.25, 0.3) is 0 Å². The molecule has 1 fully saturated rings. The lowest BCUT2D eigenvalue weighted by Gasteiger charge is -2.10. The summed E-state index contributed by atoms with van der Waals surface area (Å²) in [6.07, 6.45) is 0.978. The average molecular weight is 256 g/mol. The van der Waals surface area contributed by atoms with E-state index >= 15 is 0 Å². The normalized spacial score (nSPS) is 23.5. The Labute approximate surface area is 102 Å².